The fourth-order valence-electron chi connectivity index (χ4n) is 1.40. The molecule has 0 spiro atoms. The molecule has 0 N–H and O–H groups in total. The minimum Gasteiger partial charge on any atom is -0.463 e. The molecule has 0 radical (unpaired) electrons. The van der Waals surface area contributed by atoms with Gasteiger partial charge in [0.15, 0.2) is 0 Å². The Balaban J connectivity index is 2.52. The second-order valence-corrected chi connectivity index (χ2v) is 3.83. The molecule has 9 heteroatoms. The number of nitro benzene ring substituents is 1. The number of benzene rings is 1. The molecule has 0 fully saturated rings. The lowest BCUT2D eigenvalue weighted by Crippen LogP contribution is -2.06. The van der Waals surface area contributed by atoms with Crippen molar-refractivity contribution in [2.45, 2.75) is 0 Å². The molecule has 2 aromatic rings. The Morgan fingerprint density at radius 3 is 2.89 bits per heavy atom. The molecular weight excluding hydrogens is 276 g/mol. The Morgan fingerprint density at radius 2 is 2.26 bits per heavy atom. The van der Waals surface area contributed by atoms with Crippen molar-refractivity contribution in [1.29, 1.82) is 0 Å². The molecule has 8 nitrogen and oxygen atoms in total. The highest BCUT2D eigenvalue weighted by Gasteiger charge is 2.19. The van der Waals surface area contributed by atoms with Crippen LogP contribution in [0.15, 0.2) is 24.5 Å². The molecule has 0 amide bonds. The van der Waals surface area contributed by atoms with Gasteiger partial charge in [0.1, 0.15) is 12.0 Å². The first-order valence-corrected chi connectivity index (χ1v) is 5.35. The highest BCUT2D eigenvalue weighted by atomic mass is 35.5. The lowest BCUT2D eigenvalue weighted by molar-refractivity contribution is -0.384. The van der Waals surface area contributed by atoms with E-state index in [4.69, 9.17) is 11.6 Å². The van der Waals surface area contributed by atoms with Gasteiger partial charge in [-0.2, -0.15) is 0 Å². The van der Waals surface area contributed by atoms with E-state index in [0.29, 0.717) is 5.02 Å². The topological polar surface area (TPSA) is 100 Å². The average molecular weight is 283 g/mol. The van der Waals surface area contributed by atoms with Gasteiger partial charge in [0.2, 0.25) is 0 Å². The number of carbonyl (C=O) groups is 1. The molecule has 0 aliphatic heterocycles. The summed E-state index contributed by atoms with van der Waals surface area (Å²) in [5.74, 6) is -0.930. The van der Waals surface area contributed by atoms with Gasteiger partial charge < -0.3 is 4.74 Å². The lowest BCUT2D eigenvalue weighted by atomic mass is 10.3. The van der Waals surface area contributed by atoms with Crippen molar-refractivity contribution in [2.24, 2.45) is 0 Å². The summed E-state index contributed by atoms with van der Waals surface area (Å²) < 4.78 is 5.54. The number of hydrogen-bond acceptors (Lipinski definition) is 6. The third kappa shape index (κ3) is 2.52. The highest BCUT2D eigenvalue weighted by Crippen LogP contribution is 2.25. The third-order valence-corrected chi connectivity index (χ3v) is 2.48. The van der Waals surface area contributed by atoms with Gasteiger partial charge in [-0.25, -0.2) is 14.5 Å². The third-order valence-electron chi connectivity index (χ3n) is 2.24. The van der Waals surface area contributed by atoms with E-state index in [0.717, 1.165) is 4.68 Å². The Morgan fingerprint density at radius 1 is 1.53 bits per heavy atom. The summed E-state index contributed by atoms with van der Waals surface area (Å²) in [5, 5.41) is 15.0. The van der Waals surface area contributed by atoms with E-state index < -0.39 is 10.9 Å². The predicted octanol–water partition coefficient (Wildman–Crippen LogP) is 1.62. The van der Waals surface area contributed by atoms with E-state index in [9.17, 15) is 14.9 Å². The summed E-state index contributed by atoms with van der Waals surface area (Å²) in [5.41, 5.74) is -0.0918. The molecular formula is C10H7ClN4O4. The van der Waals surface area contributed by atoms with E-state index in [2.05, 4.69) is 14.8 Å². The zero-order valence-corrected chi connectivity index (χ0v) is 10.4. The fraction of sp³-hybridized carbons (Fsp3) is 0.100. The summed E-state index contributed by atoms with van der Waals surface area (Å²) in [6.07, 6.45) is 1.17. The van der Waals surface area contributed by atoms with Crippen LogP contribution in [0.1, 0.15) is 10.6 Å². The molecule has 2 rings (SSSR count). The monoisotopic (exact) mass is 282 g/mol. The molecule has 0 saturated heterocycles. The SMILES string of the molecule is COC(=O)c1ncn(-c2cc(Cl)ccc2[N+](=O)[O-])n1. The van der Waals surface area contributed by atoms with Crippen LogP contribution >= 0.6 is 11.6 Å². The number of aromatic nitrogens is 3. The van der Waals surface area contributed by atoms with Crippen LogP contribution in [0.4, 0.5) is 5.69 Å². The maximum atomic E-state index is 11.2. The van der Waals surface area contributed by atoms with Crippen molar-refractivity contribution in [3.63, 3.8) is 0 Å². The second kappa shape index (κ2) is 5.02. The fourth-order valence-corrected chi connectivity index (χ4v) is 1.56. The second-order valence-electron chi connectivity index (χ2n) is 3.39. The van der Waals surface area contributed by atoms with Gasteiger partial charge in [-0.1, -0.05) is 11.6 Å². The molecule has 1 heterocycles. The molecule has 98 valence electrons. The number of methoxy groups -OCH3 is 1. The Hall–Kier alpha value is -2.48. The first-order valence-electron chi connectivity index (χ1n) is 4.97. The standard InChI is InChI=1S/C10H7ClN4O4/c1-19-10(16)9-12-5-14(13-9)8-4-6(11)2-3-7(8)15(17)18/h2-5H,1H3. The van der Waals surface area contributed by atoms with Crippen LogP contribution in [0.25, 0.3) is 5.69 Å². The molecule has 0 saturated carbocycles. The molecule has 1 aromatic carbocycles. The van der Waals surface area contributed by atoms with Crippen LogP contribution in [0, 0.1) is 10.1 Å². The van der Waals surface area contributed by atoms with Crippen LogP contribution in [0.3, 0.4) is 0 Å². The summed E-state index contributed by atoms with van der Waals surface area (Å²) >= 11 is 5.79. The van der Waals surface area contributed by atoms with Crippen molar-refractivity contribution in [3.05, 3.63) is 45.5 Å². The van der Waals surface area contributed by atoms with Gasteiger partial charge in [-0.3, -0.25) is 10.1 Å². The van der Waals surface area contributed by atoms with E-state index in [-0.39, 0.29) is 17.2 Å². The van der Waals surface area contributed by atoms with Crippen LogP contribution in [-0.4, -0.2) is 32.8 Å². The quantitative estimate of drug-likeness (QED) is 0.482. The number of ether oxygens (including phenoxy) is 1. The van der Waals surface area contributed by atoms with Crippen molar-refractivity contribution >= 4 is 23.3 Å². The molecule has 0 aliphatic rings. The molecule has 0 atom stereocenters. The number of esters is 1. The minimum absolute atomic E-state index is 0.111. The smallest absolute Gasteiger partial charge is 0.377 e. The zero-order chi connectivity index (χ0) is 14.0. The minimum atomic E-state index is -0.733. The largest absolute Gasteiger partial charge is 0.463 e. The van der Waals surface area contributed by atoms with Crippen molar-refractivity contribution in [2.75, 3.05) is 7.11 Å². The number of rotatable bonds is 3. The molecule has 0 aliphatic carbocycles. The lowest BCUT2D eigenvalue weighted by Gasteiger charge is -2.02. The van der Waals surface area contributed by atoms with Crippen molar-refractivity contribution in [1.82, 2.24) is 14.8 Å². The number of hydrogen-bond donors (Lipinski definition) is 0. The van der Waals surface area contributed by atoms with E-state index >= 15 is 0 Å². The van der Waals surface area contributed by atoms with Crippen LogP contribution in [0.5, 0.6) is 0 Å². The maximum Gasteiger partial charge on any atom is 0.377 e. The molecule has 0 unspecified atom stereocenters. The summed E-state index contributed by atoms with van der Waals surface area (Å²) in [6.45, 7) is 0. The first kappa shape index (κ1) is 13.0. The number of halogens is 1. The maximum absolute atomic E-state index is 11.2. The van der Waals surface area contributed by atoms with Gasteiger partial charge in [0.05, 0.1) is 12.0 Å². The van der Waals surface area contributed by atoms with Gasteiger partial charge in [-0.05, 0) is 12.1 Å². The molecule has 0 bridgehead atoms. The first-order chi connectivity index (χ1) is 9.02. The van der Waals surface area contributed by atoms with Crippen LogP contribution < -0.4 is 0 Å². The van der Waals surface area contributed by atoms with Crippen LogP contribution in [0.2, 0.25) is 5.02 Å². The van der Waals surface area contributed by atoms with Crippen molar-refractivity contribution in [3.8, 4) is 5.69 Å². The zero-order valence-electron chi connectivity index (χ0n) is 9.61. The van der Waals surface area contributed by atoms with Crippen LogP contribution in [-0.2, 0) is 4.74 Å². The Kier molecular flexibility index (Phi) is 3.43. The van der Waals surface area contributed by atoms with Gasteiger partial charge in [0, 0.05) is 11.1 Å². The van der Waals surface area contributed by atoms with E-state index in [1.54, 1.807) is 0 Å². The number of nitro groups is 1. The van der Waals surface area contributed by atoms with Crippen molar-refractivity contribution < 1.29 is 14.5 Å². The summed E-state index contributed by atoms with van der Waals surface area (Å²) in [6, 6.07) is 3.99. The molecule has 19 heavy (non-hydrogen) atoms. The number of carbonyl (C=O) groups excluding carboxylic acids is 1. The highest BCUT2D eigenvalue weighted by molar-refractivity contribution is 6.30. The van der Waals surface area contributed by atoms with E-state index in [1.807, 2.05) is 0 Å². The summed E-state index contributed by atoms with van der Waals surface area (Å²) in [7, 11) is 1.19. The Labute approximate surface area is 111 Å². The van der Waals surface area contributed by atoms with Gasteiger partial charge in [-0.15, -0.1) is 5.10 Å². The molecule has 1 aromatic heterocycles. The Bertz CT molecular complexity index is 655. The van der Waals surface area contributed by atoms with Gasteiger partial charge in [0.25, 0.3) is 11.5 Å². The summed E-state index contributed by atoms with van der Waals surface area (Å²) in [4.78, 5) is 25.3. The average Bonchev–Trinajstić information content (AvgIpc) is 2.86. The predicted molar refractivity (Wildman–Crippen MR) is 64.4 cm³/mol. The van der Waals surface area contributed by atoms with Gasteiger partial charge >= 0.3 is 5.97 Å². The normalized spacial score (nSPS) is 10.2. The van der Waals surface area contributed by atoms with E-state index in [1.165, 1.54) is 31.6 Å². The number of nitrogens with zero attached hydrogens (tertiary/aromatic N) is 4.